The van der Waals surface area contributed by atoms with Crippen molar-refractivity contribution in [3.05, 3.63) is 46.7 Å². The Bertz CT molecular complexity index is 986. The van der Waals surface area contributed by atoms with Crippen molar-refractivity contribution < 1.29 is 23.1 Å². The number of thiophene rings is 1. The number of urea groups is 1. The molecule has 0 bridgehead atoms. The number of nitrogens with one attached hydrogen (secondary N) is 3. The topological polar surface area (TPSA) is 128 Å². The fraction of sp³-hybridized carbons (Fsp3) is 0.429. The van der Waals surface area contributed by atoms with Crippen LogP contribution in [0.3, 0.4) is 0 Å². The second kappa shape index (κ2) is 11.3. The van der Waals surface area contributed by atoms with E-state index in [9.17, 15) is 18.0 Å². The molecular weight excluding hydrogens is 452 g/mol. The second-order valence-corrected chi connectivity index (χ2v) is 10.6. The van der Waals surface area contributed by atoms with Crippen molar-refractivity contribution in [1.82, 2.24) is 14.9 Å². The number of carbonyl (C=O) groups is 2. The fourth-order valence-electron chi connectivity index (χ4n) is 3.54. The highest BCUT2D eigenvalue weighted by atomic mass is 32.2. The van der Waals surface area contributed by atoms with Crippen LogP contribution in [-0.2, 0) is 16.4 Å². The number of aryl methyl sites for hydroxylation is 1. The van der Waals surface area contributed by atoms with Crippen molar-refractivity contribution in [1.29, 1.82) is 0 Å². The number of sulfonamides is 1. The minimum Gasteiger partial charge on any atom is -0.465 e. The van der Waals surface area contributed by atoms with Crippen LogP contribution in [0.5, 0.6) is 0 Å². The molecule has 2 aromatic rings. The average molecular weight is 481 g/mol. The summed E-state index contributed by atoms with van der Waals surface area (Å²) in [6.45, 7) is 1.58. The van der Waals surface area contributed by atoms with Gasteiger partial charge in [0.05, 0.1) is 4.90 Å². The van der Waals surface area contributed by atoms with Crippen LogP contribution < -0.4 is 16.0 Å². The average Bonchev–Trinajstić information content (AvgIpc) is 3.29. The van der Waals surface area contributed by atoms with E-state index in [0.29, 0.717) is 44.7 Å². The summed E-state index contributed by atoms with van der Waals surface area (Å²) >= 11 is 1.70. The first kappa shape index (κ1) is 24.0. The molecule has 9 nitrogen and oxygen atoms in total. The Labute approximate surface area is 191 Å². The quantitative estimate of drug-likeness (QED) is 0.410. The molecule has 32 heavy (non-hydrogen) atoms. The summed E-state index contributed by atoms with van der Waals surface area (Å²) in [6.07, 6.45) is 1.89. The van der Waals surface area contributed by atoms with Crippen LogP contribution in [-0.4, -0.2) is 56.1 Å². The van der Waals surface area contributed by atoms with E-state index in [4.69, 9.17) is 5.11 Å². The number of rotatable bonds is 9. The van der Waals surface area contributed by atoms with E-state index in [1.54, 1.807) is 23.5 Å². The summed E-state index contributed by atoms with van der Waals surface area (Å²) in [6, 6.07) is 9.86. The Kier molecular flexibility index (Phi) is 8.48. The largest absolute Gasteiger partial charge is 0.465 e. The molecule has 3 amide bonds. The number of carboxylic acid groups (broad SMARTS) is 1. The summed E-state index contributed by atoms with van der Waals surface area (Å²) < 4.78 is 27.2. The number of nitrogens with zero attached hydrogens (tertiary/aromatic N) is 1. The van der Waals surface area contributed by atoms with E-state index in [2.05, 4.69) is 22.0 Å². The van der Waals surface area contributed by atoms with Gasteiger partial charge in [-0.1, -0.05) is 6.07 Å². The predicted molar refractivity (Wildman–Crippen MR) is 124 cm³/mol. The minimum absolute atomic E-state index is 0.132. The van der Waals surface area contributed by atoms with Gasteiger partial charge < -0.3 is 21.1 Å². The maximum absolute atomic E-state index is 12.9. The van der Waals surface area contributed by atoms with Gasteiger partial charge in [-0.3, -0.25) is 0 Å². The zero-order chi connectivity index (χ0) is 23.0. The Morgan fingerprint density at radius 2 is 1.81 bits per heavy atom. The van der Waals surface area contributed by atoms with Crippen molar-refractivity contribution in [2.45, 2.75) is 30.6 Å². The Hall–Kier alpha value is -2.63. The maximum Gasteiger partial charge on any atom is 0.404 e. The number of hydrogen-bond donors (Lipinski definition) is 4. The number of anilines is 1. The van der Waals surface area contributed by atoms with E-state index in [-0.39, 0.29) is 16.8 Å². The van der Waals surface area contributed by atoms with Crippen LogP contribution in [0.25, 0.3) is 0 Å². The van der Waals surface area contributed by atoms with Crippen LogP contribution in [0.15, 0.2) is 46.7 Å². The highest BCUT2D eigenvalue weighted by molar-refractivity contribution is 7.89. The van der Waals surface area contributed by atoms with Crippen molar-refractivity contribution in [3.63, 3.8) is 0 Å². The molecule has 11 heteroatoms. The van der Waals surface area contributed by atoms with Gasteiger partial charge in [0.15, 0.2) is 0 Å². The molecule has 1 aromatic heterocycles. The highest BCUT2D eigenvalue weighted by Crippen LogP contribution is 2.24. The van der Waals surface area contributed by atoms with Gasteiger partial charge in [-0.2, -0.15) is 4.31 Å². The third-order valence-corrected chi connectivity index (χ3v) is 8.18. The first-order chi connectivity index (χ1) is 15.3. The van der Waals surface area contributed by atoms with E-state index in [0.717, 1.165) is 12.8 Å². The molecule has 1 saturated heterocycles. The van der Waals surface area contributed by atoms with Crippen molar-refractivity contribution >= 4 is 39.2 Å². The standard InChI is InChI=1S/C21H28N4O5S2/c26-20(22-11-1-3-18-4-2-14-31-18)24-17-5-7-19(8-6-17)32(29,30)25-12-9-16(10-13-25)15-23-21(27)28/h2,4-8,14,16,23H,1,3,9-13,15H2,(H,27,28)(H2,22,24,26). The zero-order valence-electron chi connectivity index (χ0n) is 17.6. The third-order valence-electron chi connectivity index (χ3n) is 5.33. The Balaban J connectivity index is 1.44. The lowest BCUT2D eigenvalue weighted by molar-refractivity contribution is 0.188. The van der Waals surface area contributed by atoms with Crippen LogP contribution >= 0.6 is 11.3 Å². The van der Waals surface area contributed by atoms with Crippen LogP contribution in [0.1, 0.15) is 24.1 Å². The normalized spacial score (nSPS) is 15.2. The van der Waals surface area contributed by atoms with Gasteiger partial charge in [-0.15, -0.1) is 11.3 Å². The summed E-state index contributed by atoms with van der Waals surface area (Å²) in [5.41, 5.74) is 0.512. The number of benzene rings is 1. The summed E-state index contributed by atoms with van der Waals surface area (Å²) in [7, 11) is -3.63. The van der Waals surface area contributed by atoms with E-state index >= 15 is 0 Å². The zero-order valence-corrected chi connectivity index (χ0v) is 19.3. The van der Waals surface area contributed by atoms with Gasteiger partial charge in [0.25, 0.3) is 0 Å². The Morgan fingerprint density at radius 1 is 1.09 bits per heavy atom. The molecule has 0 spiro atoms. The monoisotopic (exact) mass is 480 g/mol. The molecule has 4 N–H and O–H groups in total. The number of hydrogen-bond acceptors (Lipinski definition) is 5. The number of carbonyl (C=O) groups excluding carboxylic acids is 1. The first-order valence-electron chi connectivity index (χ1n) is 10.5. The van der Waals surface area contributed by atoms with Gasteiger partial charge in [0, 0.05) is 36.7 Å². The highest BCUT2D eigenvalue weighted by Gasteiger charge is 2.29. The molecule has 0 aliphatic carbocycles. The van der Waals surface area contributed by atoms with Crippen molar-refractivity contribution in [3.8, 4) is 0 Å². The van der Waals surface area contributed by atoms with Gasteiger partial charge in [0.1, 0.15) is 0 Å². The van der Waals surface area contributed by atoms with E-state index in [1.165, 1.54) is 21.3 Å². The van der Waals surface area contributed by atoms with Gasteiger partial charge in [-0.05, 0) is 67.3 Å². The third kappa shape index (κ3) is 6.94. The lowest BCUT2D eigenvalue weighted by Gasteiger charge is -2.31. The first-order valence-corrected chi connectivity index (χ1v) is 12.8. The molecule has 0 radical (unpaired) electrons. The number of amides is 3. The lowest BCUT2D eigenvalue weighted by atomic mass is 9.98. The molecule has 0 unspecified atom stereocenters. The van der Waals surface area contributed by atoms with Crippen LogP contribution in [0, 0.1) is 5.92 Å². The Morgan fingerprint density at radius 3 is 2.44 bits per heavy atom. The molecule has 1 fully saturated rings. The number of piperidine rings is 1. The molecule has 0 saturated carbocycles. The van der Waals surface area contributed by atoms with Crippen LogP contribution in [0.4, 0.5) is 15.3 Å². The molecule has 174 valence electrons. The van der Waals surface area contributed by atoms with Crippen LogP contribution in [0.2, 0.25) is 0 Å². The molecule has 2 heterocycles. The van der Waals surface area contributed by atoms with Gasteiger partial charge in [-0.25, -0.2) is 18.0 Å². The minimum atomic E-state index is -3.63. The molecule has 1 aromatic carbocycles. The van der Waals surface area contributed by atoms with E-state index in [1.807, 2.05) is 11.4 Å². The molecule has 3 rings (SSSR count). The molecule has 0 atom stereocenters. The predicted octanol–water partition coefficient (Wildman–Crippen LogP) is 3.17. The van der Waals surface area contributed by atoms with Gasteiger partial charge in [0.2, 0.25) is 10.0 Å². The van der Waals surface area contributed by atoms with Gasteiger partial charge >= 0.3 is 12.1 Å². The maximum atomic E-state index is 12.9. The van der Waals surface area contributed by atoms with E-state index < -0.39 is 16.1 Å². The summed E-state index contributed by atoms with van der Waals surface area (Å²) in [5.74, 6) is 0.132. The summed E-state index contributed by atoms with van der Waals surface area (Å²) in [5, 5.41) is 18.6. The van der Waals surface area contributed by atoms with Crippen molar-refractivity contribution in [2.75, 3.05) is 31.5 Å². The smallest absolute Gasteiger partial charge is 0.404 e. The molecular formula is C21H28N4O5S2. The lowest BCUT2D eigenvalue weighted by Crippen LogP contribution is -2.41. The molecule has 1 aliphatic rings. The van der Waals surface area contributed by atoms with Crippen molar-refractivity contribution in [2.24, 2.45) is 5.92 Å². The fourth-order valence-corrected chi connectivity index (χ4v) is 5.76. The second-order valence-electron chi connectivity index (χ2n) is 7.62. The summed E-state index contributed by atoms with van der Waals surface area (Å²) in [4.78, 5) is 24.1. The SMILES string of the molecule is O=C(O)NCC1CCN(S(=O)(=O)c2ccc(NC(=O)NCCCc3cccs3)cc2)CC1. The molecule has 1 aliphatic heterocycles.